The quantitative estimate of drug-likeness (QED) is 0.670. The third kappa shape index (κ3) is 1.37. The van der Waals surface area contributed by atoms with Gasteiger partial charge in [0, 0.05) is 10.9 Å². The van der Waals surface area contributed by atoms with Crippen molar-refractivity contribution in [2.24, 2.45) is 0 Å². The van der Waals surface area contributed by atoms with Crippen LogP contribution in [0.15, 0.2) is 24.3 Å². The molecule has 0 bridgehead atoms. The molecule has 0 saturated heterocycles. The molecule has 1 aliphatic heterocycles. The lowest BCUT2D eigenvalue weighted by Gasteiger charge is -2.24. The van der Waals surface area contributed by atoms with Gasteiger partial charge in [-0.05, 0) is 38.3 Å². The first-order valence-corrected chi connectivity index (χ1v) is 5.80. The molecule has 0 saturated carbocycles. The molecule has 0 unspecified atom stereocenters. The fraction of sp³-hybridized carbons (Fsp3) is 0.357. The maximum Gasteiger partial charge on any atom is 0.217 e. The highest BCUT2D eigenvalue weighted by Gasteiger charge is 2.20. The van der Waals surface area contributed by atoms with Crippen molar-refractivity contribution in [1.82, 2.24) is 4.98 Å². The number of hydrogen-bond donors (Lipinski definition) is 0. The number of hydrogen-bond acceptors (Lipinski definition) is 2. The van der Waals surface area contributed by atoms with Crippen molar-refractivity contribution >= 4 is 10.9 Å². The van der Waals surface area contributed by atoms with Crippen LogP contribution in [0.3, 0.4) is 0 Å². The van der Waals surface area contributed by atoms with Crippen molar-refractivity contribution in [1.29, 1.82) is 0 Å². The molecule has 0 aliphatic carbocycles. The zero-order chi connectivity index (χ0) is 11.1. The van der Waals surface area contributed by atoms with E-state index in [9.17, 15) is 0 Å². The van der Waals surface area contributed by atoms with Gasteiger partial charge in [0.25, 0.3) is 0 Å². The van der Waals surface area contributed by atoms with Gasteiger partial charge in [-0.25, -0.2) is 4.98 Å². The van der Waals surface area contributed by atoms with Crippen LogP contribution >= 0.6 is 0 Å². The maximum absolute atomic E-state index is 5.81. The second-order valence-corrected chi connectivity index (χ2v) is 4.50. The first kappa shape index (κ1) is 9.64. The number of rotatable bonds is 0. The lowest BCUT2D eigenvalue weighted by Crippen LogP contribution is -2.20. The average Bonchev–Trinajstić information content (AvgIpc) is 2.29. The van der Waals surface area contributed by atoms with Crippen LogP contribution in [0, 0.1) is 6.92 Å². The summed E-state index contributed by atoms with van der Waals surface area (Å²) in [6.07, 6.45) is 2.47. The summed E-state index contributed by atoms with van der Waals surface area (Å²) in [6.45, 7) is 4.28. The van der Waals surface area contributed by atoms with Crippen LogP contribution in [-0.4, -0.2) is 11.1 Å². The molecule has 1 atom stereocenters. The molecule has 0 radical (unpaired) electrons. The molecule has 0 amide bonds. The Morgan fingerprint density at radius 2 is 2.12 bits per heavy atom. The largest absolute Gasteiger partial charge is 0.474 e. The fourth-order valence-corrected chi connectivity index (χ4v) is 2.38. The van der Waals surface area contributed by atoms with Gasteiger partial charge in [0.1, 0.15) is 0 Å². The second-order valence-electron chi connectivity index (χ2n) is 4.50. The summed E-state index contributed by atoms with van der Waals surface area (Å²) in [6, 6.07) is 8.27. The number of para-hydroxylation sites is 1. The summed E-state index contributed by atoms with van der Waals surface area (Å²) >= 11 is 0. The van der Waals surface area contributed by atoms with Crippen molar-refractivity contribution in [2.45, 2.75) is 32.8 Å². The number of pyridine rings is 1. The Labute approximate surface area is 95.3 Å². The van der Waals surface area contributed by atoms with Gasteiger partial charge in [0.2, 0.25) is 5.88 Å². The van der Waals surface area contributed by atoms with E-state index in [4.69, 9.17) is 4.74 Å². The summed E-state index contributed by atoms with van der Waals surface area (Å²) in [5.74, 6) is 0.843. The van der Waals surface area contributed by atoms with Gasteiger partial charge in [-0.3, -0.25) is 0 Å². The molecule has 3 rings (SSSR count). The molecule has 2 heteroatoms. The minimum absolute atomic E-state index is 0.292. The summed E-state index contributed by atoms with van der Waals surface area (Å²) in [5.41, 5.74) is 3.65. The predicted molar refractivity (Wildman–Crippen MR) is 64.9 cm³/mol. The molecule has 1 aromatic heterocycles. The highest BCUT2D eigenvalue weighted by Crippen LogP contribution is 2.32. The smallest absolute Gasteiger partial charge is 0.217 e. The van der Waals surface area contributed by atoms with Crippen molar-refractivity contribution in [3.63, 3.8) is 0 Å². The maximum atomic E-state index is 5.81. The molecule has 82 valence electrons. The monoisotopic (exact) mass is 213 g/mol. The van der Waals surface area contributed by atoms with Crippen LogP contribution in [0.4, 0.5) is 0 Å². The average molecular weight is 213 g/mol. The Morgan fingerprint density at radius 1 is 1.31 bits per heavy atom. The van der Waals surface area contributed by atoms with Gasteiger partial charge >= 0.3 is 0 Å². The predicted octanol–water partition coefficient (Wildman–Crippen LogP) is 3.26. The first-order valence-electron chi connectivity index (χ1n) is 5.80. The Balaban J connectivity index is 2.29. The number of fused-ring (bicyclic) bond motifs is 2. The molecular weight excluding hydrogens is 198 g/mol. The molecule has 2 nitrogen and oxygen atoms in total. The Kier molecular flexibility index (Phi) is 2.10. The van der Waals surface area contributed by atoms with Gasteiger partial charge in [0.05, 0.1) is 11.6 Å². The number of aryl methyl sites for hydroxylation is 1. The minimum Gasteiger partial charge on any atom is -0.474 e. The number of nitrogens with zero attached hydrogens (tertiary/aromatic N) is 1. The van der Waals surface area contributed by atoms with Crippen LogP contribution < -0.4 is 4.74 Å². The van der Waals surface area contributed by atoms with E-state index in [2.05, 4.69) is 31.0 Å². The van der Waals surface area contributed by atoms with Gasteiger partial charge in [-0.15, -0.1) is 0 Å². The highest BCUT2D eigenvalue weighted by molar-refractivity contribution is 5.84. The zero-order valence-electron chi connectivity index (χ0n) is 9.66. The van der Waals surface area contributed by atoms with Crippen LogP contribution in [0.25, 0.3) is 10.9 Å². The zero-order valence-corrected chi connectivity index (χ0v) is 9.66. The topological polar surface area (TPSA) is 22.1 Å². The molecule has 16 heavy (non-hydrogen) atoms. The van der Waals surface area contributed by atoms with Crippen molar-refractivity contribution in [2.75, 3.05) is 0 Å². The molecule has 0 fully saturated rings. The lowest BCUT2D eigenvalue weighted by molar-refractivity contribution is 0.184. The standard InChI is InChI=1S/C14H15NO/c1-9-7-8-12-10(2)11-5-3-4-6-13(11)15-14(12)16-9/h3-6,9H,7-8H2,1-2H3/t9-/m0/s1. The fourth-order valence-electron chi connectivity index (χ4n) is 2.38. The Morgan fingerprint density at radius 3 is 3.00 bits per heavy atom. The molecule has 1 aromatic carbocycles. The third-order valence-electron chi connectivity index (χ3n) is 3.35. The second kappa shape index (κ2) is 3.48. The van der Waals surface area contributed by atoms with E-state index in [1.54, 1.807) is 0 Å². The molecule has 1 aliphatic rings. The van der Waals surface area contributed by atoms with Crippen LogP contribution in [-0.2, 0) is 6.42 Å². The van der Waals surface area contributed by atoms with E-state index >= 15 is 0 Å². The summed E-state index contributed by atoms with van der Waals surface area (Å²) < 4.78 is 5.81. The summed E-state index contributed by atoms with van der Waals surface area (Å²) in [4.78, 5) is 4.60. The van der Waals surface area contributed by atoms with E-state index < -0.39 is 0 Å². The first-order chi connectivity index (χ1) is 7.75. The minimum atomic E-state index is 0.292. The lowest BCUT2D eigenvalue weighted by atomic mass is 9.98. The van der Waals surface area contributed by atoms with E-state index in [0.29, 0.717) is 6.10 Å². The number of benzene rings is 1. The SMILES string of the molecule is Cc1c2c(nc3ccccc13)O[C@@H](C)CC2. The molecule has 0 N–H and O–H groups in total. The normalized spacial score (nSPS) is 19.2. The van der Waals surface area contributed by atoms with Crippen LogP contribution in [0.1, 0.15) is 24.5 Å². The molecular formula is C14H15NO. The molecule has 2 heterocycles. The van der Waals surface area contributed by atoms with Crippen molar-refractivity contribution < 1.29 is 4.74 Å². The van der Waals surface area contributed by atoms with E-state index in [1.165, 1.54) is 16.5 Å². The number of ether oxygens (including phenoxy) is 1. The van der Waals surface area contributed by atoms with E-state index in [-0.39, 0.29) is 0 Å². The van der Waals surface area contributed by atoms with Gasteiger partial charge in [-0.2, -0.15) is 0 Å². The van der Waals surface area contributed by atoms with Crippen molar-refractivity contribution in [3.8, 4) is 5.88 Å². The van der Waals surface area contributed by atoms with E-state index in [1.807, 2.05) is 12.1 Å². The van der Waals surface area contributed by atoms with Gasteiger partial charge in [-0.1, -0.05) is 18.2 Å². The van der Waals surface area contributed by atoms with E-state index in [0.717, 1.165) is 24.2 Å². The highest BCUT2D eigenvalue weighted by atomic mass is 16.5. The van der Waals surface area contributed by atoms with Crippen LogP contribution in [0.2, 0.25) is 0 Å². The number of aromatic nitrogens is 1. The van der Waals surface area contributed by atoms with Gasteiger partial charge < -0.3 is 4.74 Å². The summed E-state index contributed by atoms with van der Waals surface area (Å²) in [7, 11) is 0. The Hall–Kier alpha value is -1.57. The molecule has 2 aromatic rings. The third-order valence-corrected chi connectivity index (χ3v) is 3.35. The van der Waals surface area contributed by atoms with Crippen LogP contribution in [0.5, 0.6) is 5.88 Å². The van der Waals surface area contributed by atoms with Crippen molar-refractivity contribution in [3.05, 3.63) is 35.4 Å². The molecule has 0 spiro atoms. The summed E-state index contributed by atoms with van der Waals surface area (Å²) in [5, 5.41) is 1.25. The Bertz CT molecular complexity index is 548. The van der Waals surface area contributed by atoms with Gasteiger partial charge in [0.15, 0.2) is 0 Å².